The molecule has 3 rings (SSSR count). The second-order valence-corrected chi connectivity index (χ2v) is 5.89. The van der Waals surface area contributed by atoms with Crippen molar-refractivity contribution in [2.75, 3.05) is 30.0 Å². The van der Waals surface area contributed by atoms with Crippen LogP contribution in [0.25, 0.3) is 0 Å². The van der Waals surface area contributed by atoms with E-state index >= 15 is 0 Å². The molecule has 1 aromatic carbocycles. The number of benzene rings is 1. The third-order valence-corrected chi connectivity index (χ3v) is 4.13. The van der Waals surface area contributed by atoms with Crippen LogP contribution in [0, 0.1) is 0 Å². The second kappa shape index (κ2) is 7.37. The highest BCUT2D eigenvalue weighted by Crippen LogP contribution is 2.22. The number of carbonyl (C=O) groups is 1. The molecule has 0 spiro atoms. The van der Waals surface area contributed by atoms with E-state index in [4.69, 9.17) is 16.2 Å². The van der Waals surface area contributed by atoms with Crippen molar-refractivity contribution in [2.24, 2.45) is 5.73 Å². The van der Waals surface area contributed by atoms with Gasteiger partial charge in [0.25, 0.3) is 0 Å². The average molecular weight is 342 g/mol. The van der Waals surface area contributed by atoms with E-state index in [9.17, 15) is 4.79 Å². The van der Waals surface area contributed by atoms with Gasteiger partial charge >= 0.3 is 6.03 Å². The van der Waals surface area contributed by atoms with Crippen LogP contribution in [0.3, 0.4) is 0 Å². The minimum atomic E-state index is -0.649. The molecular formula is C17H22N6O2. The minimum Gasteiger partial charge on any atom is -0.398 e. The van der Waals surface area contributed by atoms with Gasteiger partial charge in [-0.2, -0.15) is 0 Å². The van der Waals surface area contributed by atoms with E-state index in [-0.39, 0.29) is 12.1 Å². The van der Waals surface area contributed by atoms with Gasteiger partial charge in [0.05, 0.1) is 6.04 Å². The number of hydrogen-bond acceptors (Lipinski definition) is 6. The van der Waals surface area contributed by atoms with Crippen molar-refractivity contribution in [3.63, 3.8) is 0 Å². The summed E-state index contributed by atoms with van der Waals surface area (Å²) in [5.74, 6) is 0.353. The molecule has 0 radical (unpaired) electrons. The highest BCUT2D eigenvalue weighted by molar-refractivity contribution is 5.89. The molecule has 2 unspecified atom stereocenters. The molecule has 25 heavy (non-hydrogen) atoms. The van der Waals surface area contributed by atoms with Crippen LogP contribution in [0.15, 0.2) is 36.5 Å². The highest BCUT2D eigenvalue weighted by Gasteiger charge is 2.20. The molecule has 132 valence electrons. The maximum atomic E-state index is 12.2. The van der Waals surface area contributed by atoms with Crippen LogP contribution in [0.4, 0.5) is 22.0 Å². The highest BCUT2D eigenvalue weighted by atomic mass is 16.5. The summed E-state index contributed by atoms with van der Waals surface area (Å²) in [5, 5.41) is 8.93. The Labute approximate surface area is 145 Å². The summed E-state index contributed by atoms with van der Waals surface area (Å²) >= 11 is 0. The first-order chi connectivity index (χ1) is 12.1. The van der Waals surface area contributed by atoms with Gasteiger partial charge in [0.15, 0.2) is 0 Å². The monoisotopic (exact) mass is 342 g/mol. The van der Waals surface area contributed by atoms with E-state index in [1.54, 1.807) is 6.07 Å². The Bertz CT molecular complexity index is 767. The number of hydrogen-bond donors (Lipinski definition) is 5. The van der Waals surface area contributed by atoms with Crippen molar-refractivity contribution in [1.82, 2.24) is 10.3 Å². The van der Waals surface area contributed by atoms with Gasteiger partial charge < -0.3 is 26.8 Å². The lowest BCUT2D eigenvalue weighted by Gasteiger charge is -2.26. The van der Waals surface area contributed by atoms with Gasteiger partial charge in [0.1, 0.15) is 12.0 Å². The normalized spacial score (nSPS) is 17.1. The molecule has 2 aromatic rings. The first-order valence-corrected chi connectivity index (χ1v) is 8.00. The Kier molecular flexibility index (Phi) is 5.01. The fourth-order valence-corrected chi connectivity index (χ4v) is 2.80. The fourth-order valence-electron chi connectivity index (χ4n) is 2.80. The molecule has 2 heterocycles. The molecule has 1 aromatic heterocycles. The Morgan fingerprint density at radius 3 is 3.00 bits per heavy atom. The third-order valence-electron chi connectivity index (χ3n) is 4.13. The van der Waals surface area contributed by atoms with Gasteiger partial charge in [-0.1, -0.05) is 18.2 Å². The van der Waals surface area contributed by atoms with Gasteiger partial charge in [0, 0.05) is 42.9 Å². The lowest BCUT2D eigenvalue weighted by atomic mass is 10.00. The Morgan fingerprint density at radius 2 is 2.24 bits per heavy atom. The zero-order valence-corrected chi connectivity index (χ0v) is 14.0. The molecular weight excluding hydrogens is 320 g/mol. The molecule has 0 bridgehead atoms. The molecule has 0 saturated heterocycles. The maximum Gasteiger partial charge on any atom is 0.320 e. The van der Waals surface area contributed by atoms with Crippen LogP contribution in [0.2, 0.25) is 0 Å². The van der Waals surface area contributed by atoms with Gasteiger partial charge in [0.2, 0.25) is 0 Å². The number of para-hydroxylation sites is 1. The van der Waals surface area contributed by atoms with Gasteiger partial charge in [-0.05, 0) is 18.1 Å². The third kappa shape index (κ3) is 3.98. The number of nitrogen functional groups attached to an aromatic ring is 1. The number of fused-ring (bicyclic) bond motifs is 1. The Morgan fingerprint density at radius 1 is 1.44 bits per heavy atom. The van der Waals surface area contributed by atoms with Gasteiger partial charge in [-0.3, -0.25) is 5.32 Å². The van der Waals surface area contributed by atoms with E-state index in [0.717, 1.165) is 12.1 Å². The lowest BCUT2D eigenvalue weighted by Crippen LogP contribution is -2.45. The summed E-state index contributed by atoms with van der Waals surface area (Å²) in [7, 11) is 1.49. The number of urea groups is 1. The first-order valence-electron chi connectivity index (χ1n) is 8.00. The lowest BCUT2D eigenvalue weighted by molar-refractivity contribution is 0.109. The van der Waals surface area contributed by atoms with Crippen LogP contribution in [0.1, 0.15) is 17.4 Å². The summed E-state index contributed by atoms with van der Waals surface area (Å²) in [6, 6.07) is 9.28. The molecule has 1 aliphatic rings. The zero-order valence-electron chi connectivity index (χ0n) is 14.0. The average Bonchev–Trinajstić information content (AvgIpc) is 2.61. The smallest absolute Gasteiger partial charge is 0.320 e. The van der Waals surface area contributed by atoms with Crippen molar-refractivity contribution >= 4 is 23.2 Å². The SMILES string of the molecule is COC(N)c1cnc(NC(=O)NC2CNc3ccccc3C2)cc1N. The number of rotatable bonds is 4. The van der Waals surface area contributed by atoms with Crippen LogP contribution >= 0.6 is 0 Å². The zero-order chi connectivity index (χ0) is 17.8. The second-order valence-electron chi connectivity index (χ2n) is 5.89. The number of pyridine rings is 1. The summed E-state index contributed by atoms with van der Waals surface area (Å²) < 4.78 is 5.02. The number of aromatic nitrogens is 1. The number of methoxy groups -OCH3 is 1. The molecule has 2 amide bonds. The number of anilines is 3. The molecule has 7 N–H and O–H groups in total. The standard InChI is InChI=1S/C17H22N6O2/c1-25-16(19)12-9-21-15(7-13(12)18)23-17(24)22-11-6-10-4-2-3-5-14(10)20-8-11/h2-5,7,9,11,16,20H,6,8,19H2,1H3,(H4,18,21,22,23,24). The number of nitrogens with two attached hydrogens (primary N) is 2. The van der Waals surface area contributed by atoms with E-state index < -0.39 is 6.23 Å². The van der Waals surface area contributed by atoms with Crippen LogP contribution < -0.4 is 27.4 Å². The number of amides is 2. The molecule has 8 heteroatoms. The number of nitrogens with zero attached hydrogens (tertiary/aromatic N) is 1. The van der Waals surface area contributed by atoms with E-state index in [1.807, 2.05) is 24.3 Å². The minimum absolute atomic E-state index is 0.00608. The predicted octanol–water partition coefficient (Wildman–Crippen LogP) is 1.43. The largest absolute Gasteiger partial charge is 0.398 e. The summed E-state index contributed by atoms with van der Waals surface area (Å²) in [4.78, 5) is 16.3. The summed E-state index contributed by atoms with van der Waals surface area (Å²) in [6.45, 7) is 0.668. The molecule has 2 atom stereocenters. The Hall–Kier alpha value is -2.84. The number of carbonyl (C=O) groups excluding carboxylic acids is 1. The molecule has 1 aliphatic heterocycles. The topological polar surface area (TPSA) is 127 Å². The van der Waals surface area contributed by atoms with E-state index in [0.29, 0.717) is 23.6 Å². The van der Waals surface area contributed by atoms with Crippen molar-refractivity contribution in [3.8, 4) is 0 Å². The summed E-state index contributed by atoms with van der Waals surface area (Å²) in [5.41, 5.74) is 15.0. The van der Waals surface area contributed by atoms with Crippen molar-refractivity contribution in [1.29, 1.82) is 0 Å². The molecule has 0 fully saturated rings. The Balaban J connectivity index is 1.59. The molecule has 0 aliphatic carbocycles. The quantitative estimate of drug-likeness (QED) is 0.535. The molecule has 8 nitrogen and oxygen atoms in total. The fraction of sp³-hybridized carbons (Fsp3) is 0.294. The summed E-state index contributed by atoms with van der Waals surface area (Å²) in [6.07, 6.45) is 1.62. The van der Waals surface area contributed by atoms with Gasteiger partial charge in [-0.15, -0.1) is 0 Å². The van der Waals surface area contributed by atoms with Crippen molar-refractivity contribution < 1.29 is 9.53 Å². The van der Waals surface area contributed by atoms with Crippen LogP contribution in [0.5, 0.6) is 0 Å². The molecule has 0 saturated carbocycles. The number of nitrogens with one attached hydrogen (secondary N) is 3. The van der Waals surface area contributed by atoms with Crippen molar-refractivity contribution in [3.05, 3.63) is 47.7 Å². The van der Waals surface area contributed by atoms with E-state index in [1.165, 1.54) is 18.9 Å². The van der Waals surface area contributed by atoms with Crippen LogP contribution in [-0.2, 0) is 11.2 Å². The van der Waals surface area contributed by atoms with Crippen LogP contribution in [-0.4, -0.2) is 30.7 Å². The van der Waals surface area contributed by atoms with Gasteiger partial charge in [-0.25, -0.2) is 9.78 Å². The van der Waals surface area contributed by atoms with E-state index in [2.05, 4.69) is 20.9 Å². The predicted molar refractivity (Wildman–Crippen MR) is 97.2 cm³/mol. The maximum absolute atomic E-state index is 12.2. The number of ether oxygens (including phenoxy) is 1. The first kappa shape index (κ1) is 17.0. The van der Waals surface area contributed by atoms with Crippen molar-refractivity contribution in [2.45, 2.75) is 18.7 Å².